The minimum absolute atomic E-state index is 0.285. The monoisotopic (exact) mass is 345 g/mol. The largest absolute Gasteiger partial charge is 0.487 e. The van der Waals surface area contributed by atoms with Gasteiger partial charge in [-0.3, -0.25) is 0 Å². The number of pyridine rings is 1. The van der Waals surface area contributed by atoms with Crippen LogP contribution < -0.4 is 4.74 Å². The van der Waals surface area contributed by atoms with E-state index in [4.69, 9.17) is 4.74 Å². The topological polar surface area (TPSA) is 22.1 Å². The number of rotatable bonds is 3. The molecule has 0 fully saturated rings. The summed E-state index contributed by atoms with van der Waals surface area (Å²) in [5.41, 5.74) is 2.52. The number of aromatic nitrogens is 1. The number of hydrogen-bond donors (Lipinski definition) is 0. The molecule has 0 aliphatic rings. The molecule has 0 spiro atoms. The third-order valence-corrected chi connectivity index (χ3v) is 4.13. The molecular weight excluding hydrogens is 333 g/mol. The minimum atomic E-state index is -0.289. The first-order chi connectivity index (χ1) is 10.1. The smallest absolute Gasteiger partial charge is 0.146 e. The molecule has 21 heavy (non-hydrogen) atoms. The second-order valence-corrected chi connectivity index (χ2v) is 5.58. The van der Waals surface area contributed by atoms with Crippen LogP contribution in [0.3, 0.4) is 0 Å². The van der Waals surface area contributed by atoms with E-state index in [0.29, 0.717) is 10.2 Å². The minimum Gasteiger partial charge on any atom is -0.487 e. The van der Waals surface area contributed by atoms with Crippen molar-refractivity contribution in [2.24, 2.45) is 0 Å². The Morgan fingerprint density at radius 3 is 2.76 bits per heavy atom. The van der Waals surface area contributed by atoms with Gasteiger partial charge in [0, 0.05) is 16.6 Å². The molecule has 0 saturated heterocycles. The highest BCUT2D eigenvalue weighted by Crippen LogP contribution is 2.26. The molecule has 3 aromatic rings. The SMILES string of the molecule is Cc1ccc2cccc(OCc3cccc(F)c3Br)c2n1. The van der Waals surface area contributed by atoms with Crippen LogP contribution in [0.25, 0.3) is 10.9 Å². The molecule has 2 aromatic carbocycles. The Bertz CT molecular complexity index is 804. The van der Waals surface area contributed by atoms with Crippen LogP contribution in [0, 0.1) is 12.7 Å². The summed E-state index contributed by atoms with van der Waals surface area (Å²) < 4.78 is 19.8. The number of fused-ring (bicyclic) bond motifs is 1. The van der Waals surface area contributed by atoms with Gasteiger partial charge in [0.15, 0.2) is 0 Å². The van der Waals surface area contributed by atoms with Gasteiger partial charge in [-0.2, -0.15) is 0 Å². The molecule has 0 radical (unpaired) electrons. The van der Waals surface area contributed by atoms with Crippen LogP contribution in [0.1, 0.15) is 11.3 Å². The fourth-order valence-electron chi connectivity index (χ4n) is 2.15. The summed E-state index contributed by atoms with van der Waals surface area (Å²) in [7, 11) is 0. The summed E-state index contributed by atoms with van der Waals surface area (Å²) in [5.74, 6) is 0.412. The summed E-state index contributed by atoms with van der Waals surface area (Å²) >= 11 is 3.24. The first kappa shape index (κ1) is 14.0. The number of benzene rings is 2. The molecule has 106 valence electrons. The van der Waals surface area contributed by atoms with Gasteiger partial charge in [0.05, 0.1) is 4.47 Å². The van der Waals surface area contributed by atoms with Crippen LogP contribution in [0.15, 0.2) is 53.0 Å². The van der Waals surface area contributed by atoms with E-state index in [1.165, 1.54) is 6.07 Å². The Kier molecular flexibility index (Phi) is 3.88. The van der Waals surface area contributed by atoms with Crippen molar-refractivity contribution in [3.63, 3.8) is 0 Å². The second kappa shape index (κ2) is 5.82. The predicted octanol–water partition coefficient (Wildman–Crippen LogP) is 5.02. The van der Waals surface area contributed by atoms with Gasteiger partial charge < -0.3 is 4.74 Å². The molecule has 0 amide bonds. The highest BCUT2D eigenvalue weighted by molar-refractivity contribution is 9.10. The fraction of sp³-hybridized carbons (Fsp3) is 0.118. The summed E-state index contributed by atoms with van der Waals surface area (Å²) in [6, 6.07) is 14.7. The molecule has 0 N–H and O–H groups in total. The highest BCUT2D eigenvalue weighted by atomic mass is 79.9. The van der Waals surface area contributed by atoms with Crippen molar-refractivity contribution in [3.05, 3.63) is 70.1 Å². The number of hydrogen-bond acceptors (Lipinski definition) is 2. The Balaban J connectivity index is 1.92. The maximum Gasteiger partial charge on any atom is 0.146 e. The number of aryl methyl sites for hydroxylation is 1. The van der Waals surface area contributed by atoms with Gasteiger partial charge in [-0.15, -0.1) is 0 Å². The molecule has 0 unspecified atom stereocenters. The van der Waals surface area contributed by atoms with Crippen LogP contribution in [0.2, 0.25) is 0 Å². The lowest BCUT2D eigenvalue weighted by Crippen LogP contribution is -1.99. The van der Waals surface area contributed by atoms with Crippen molar-refractivity contribution in [2.45, 2.75) is 13.5 Å². The van der Waals surface area contributed by atoms with Gasteiger partial charge >= 0.3 is 0 Å². The van der Waals surface area contributed by atoms with Crippen molar-refractivity contribution in [3.8, 4) is 5.75 Å². The van der Waals surface area contributed by atoms with E-state index in [2.05, 4.69) is 20.9 Å². The molecule has 1 aromatic heterocycles. The molecule has 0 atom stereocenters. The van der Waals surface area contributed by atoms with E-state index in [-0.39, 0.29) is 12.4 Å². The van der Waals surface area contributed by atoms with Crippen molar-refractivity contribution < 1.29 is 9.13 Å². The van der Waals surface area contributed by atoms with Gasteiger partial charge in [-0.05, 0) is 41.1 Å². The molecular formula is C17H13BrFNO. The van der Waals surface area contributed by atoms with Crippen LogP contribution in [-0.2, 0) is 6.61 Å². The molecule has 0 saturated carbocycles. The third-order valence-electron chi connectivity index (χ3n) is 3.24. The van der Waals surface area contributed by atoms with Crippen molar-refractivity contribution in [2.75, 3.05) is 0 Å². The van der Waals surface area contributed by atoms with Gasteiger partial charge in [0.25, 0.3) is 0 Å². The zero-order chi connectivity index (χ0) is 14.8. The van der Waals surface area contributed by atoms with Crippen molar-refractivity contribution in [1.29, 1.82) is 0 Å². The van der Waals surface area contributed by atoms with Gasteiger partial charge in [-0.1, -0.05) is 30.3 Å². The summed E-state index contributed by atoms with van der Waals surface area (Å²) in [6.45, 7) is 2.23. The molecule has 0 aliphatic heterocycles. The zero-order valence-electron chi connectivity index (χ0n) is 11.4. The van der Waals surface area contributed by atoms with E-state index >= 15 is 0 Å². The van der Waals surface area contributed by atoms with Gasteiger partial charge in [0.2, 0.25) is 0 Å². The van der Waals surface area contributed by atoms with Crippen LogP contribution in [0.5, 0.6) is 5.75 Å². The summed E-state index contributed by atoms with van der Waals surface area (Å²) in [6.07, 6.45) is 0. The van der Waals surface area contributed by atoms with Gasteiger partial charge in [-0.25, -0.2) is 9.37 Å². The van der Waals surface area contributed by atoms with E-state index in [1.807, 2.05) is 43.3 Å². The predicted molar refractivity (Wildman–Crippen MR) is 84.9 cm³/mol. The van der Waals surface area contributed by atoms with Crippen LogP contribution in [0.4, 0.5) is 4.39 Å². The second-order valence-electron chi connectivity index (χ2n) is 4.78. The van der Waals surface area contributed by atoms with E-state index in [1.54, 1.807) is 6.07 Å². The van der Waals surface area contributed by atoms with Crippen LogP contribution >= 0.6 is 15.9 Å². The molecule has 2 nitrogen and oxygen atoms in total. The average Bonchev–Trinajstić information content (AvgIpc) is 2.49. The van der Waals surface area contributed by atoms with Crippen molar-refractivity contribution in [1.82, 2.24) is 4.98 Å². The highest BCUT2D eigenvalue weighted by Gasteiger charge is 2.08. The average molecular weight is 346 g/mol. The molecule has 0 bridgehead atoms. The summed E-state index contributed by atoms with van der Waals surface area (Å²) in [5, 5.41) is 1.02. The third kappa shape index (κ3) is 2.90. The molecule has 1 heterocycles. The lowest BCUT2D eigenvalue weighted by Gasteiger charge is -2.10. The Hall–Kier alpha value is -1.94. The first-order valence-electron chi connectivity index (χ1n) is 6.57. The zero-order valence-corrected chi connectivity index (χ0v) is 13.0. The molecule has 0 aliphatic carbocycles. The summed E-state index contributed by atoms with van der Waals surface area (Å²) in [4.78, 5) is 4.52. The first-order valence-corrected chi connectivity index (χ1v) is 7.36. The maximum atomic E-state index is 13.5. The molecule has 3 rings (SSSR count). The number of para-hydroxylation sites is 1. The lowest BCUT2D eigenvalue weighted by molar-refractivity contribution is 0.308. The fourth-order valence-corrected chi connectivity index (χ4v) is 2.53. The van der Waals surface area contributed by atoms with Crippen LogP contribution in [-0.4, -0.2) is 4.98 Å². The van der Waals surface area contributed by atoms with E-state index < -0.39 is 0 Å². The maximum absolute atomic E-state index is 13.5. The van der Waals surface area contributed by atoms with E-state index in [9.17, 15) is 4.39 Å². The quantitative estimate of drug-likeness (QED) is 0.664. The standard InChI is InChI=1S/C17H13BrFNO/c1-11-8-9-12-4-3-7-15(17(12)20-11)21-10-13-5-2-6-14(19)16(13)18/h2-9H,10H2,1H3. The Labute approximate surface area is 130 Å². The van der Waals surface area contributed by atoms with Crippen molar-refractivity contribution >= 4 is 26.8 Å². The Morgan fingerprint density at radius 1 is 1.10 bits per heavy atom. The number of halogens is 2. The molecule has 4 heteroatoms. The van der Waals surface area contributed by atoms with E-state index in [0.717, 1.165) is 22.2 Å². The number of ether oxygens (including phenoxy) is 1. The number of nitrogens with zero attached hydrogens (tertiary/aromatic N) is 1. The normalized spacial score (nSPS) is 10.8. The lowest BCUT2D eigenvalue weighted by atomic mass is 10.2. The van der Waals surface area contributed by atoms with Gasteiger partial charge in [0.1, 0.15) is 23.7 Å². The Morgan fingerprint density at radius 2 is 1.90 bits per heavy atom.